The van der Waals surface area contributed by atoms with Crippen molar-refractivity contribution in [3.05, 3.63) is 29.3 Å². The highest BCUT2D eigenvalue weighted by atomic mass is 16.3. The number of anilines is 1. The SMILES string of the molecule is CC.CC.CC(C)NCC(O)c1ccc(N)c(C#N)c1. The number of nitrogen functional groups attached to an aromatic ring is 1. The number of nitrogens with zero attached hydrogens (tertiary/aromatic N) is 1. The molecule has 0 fully saturated rings. The molecule has 0 saturated carbocycles. The zero-order valence-electron chi connectivity index (χ0n) is 13.6. The maximum atomic E-state index is 9.87. The van der Waals surface area contributed by atoms with Gasteiger partial charge in [-0.25, -0.2) is 0 Å². The van der Waals surface area contributed by atoms with Gasteiger partial charge in [-0.2, -0.15) is 5.26 Å². The average molecular weight is 279 g/mol. The van der Waals surface area contributed by atoms with Crippen LogP contribution in [0.3, 0.4) is 0 Å². The van der Waals surface area contributed by atoms with Crippen molar-refractivity contribution in [3.8, 4) is 6.07 Å². The summed E-state index contributed by atoms with van der Waals surface area (Å²) in [7, 11) is 0. The predicted molar refractivity (Wildman–Crippen MR) is 86.4 cm³/mol. The molecule has 0 aliphatic heterocycles. The van der Waals surface area contributed by atoms with Crippen LogP contribution in [0.15, 0.2) is 18.2 Å². The molecule has 0 heterocycles. The molecule has 1 atom stereocenters. The summed E-state index contributed by atoms with van der Waals surface area (Å²) in [4.78, 5) is 0. The van der Waals surface area contributed by atoms with Crippen LogP contribution in [0.4, 0.5) is 5.69 Å². The number of aliphatic hydroxyl groups excluding tert-OH is 1. The van der Waals surface area contributed by atoms with Crippen molar-refractivity contribution in [2.75, 3.05) is 12.3 Å². The highest BCUT2D eigenvalue weighted by Gasteiger charge is 2.09. The minimum Gasteiger partial charge on any atom is -0.398 e. The fourth-order valence-corrected chi connectivity index (χ4v) is 1.34. The lowest BCUT2D eigenvalue weighted by Crippen LogP contribution is -2.27. The number of nitrogens with two attached hydrogens (primary N) is 1. The van der Waals surface area contributed by atoms with Gasteiger partial charge in [0.05, 0.1) is 11.7 Å². The Morgan fingerprint density at radius 2 is 1.80 bits per heavy atom. The van der Waals surface area contributed by atoms with Gasteiger partial charge in [0.25, 0.3) is 0 Å². The molecular formula is C16H29N3O. The molecule has 4 nitrogen and oxygen atoms in total. The van der Waals surface area contributed by atoms with E-state index in [0.29, 0.717) is 29.4 Å². The molecule has 1 rings (SSSR count). The van der Waals surface area contributed by atoms with Crippen LogP contribution in [0.1, 0.15) is 58.8 Å². The summed E-state index contributed by atoms with van der Waals surface area (Å²) in [6, 6.07) is 7.33. The van der Waals surface area contributed by atoms with Crippen LogP contribution < -0.4 is 11.1 Å². The number of rotatable bonds is 4. The Balaban J connectivity index is 0. The molecule has 20 heavy (non-hydrogen) atoms. The van der Waals surface area contributed by atoms with Crippen molar-refractivity contribution in [1.82, 2.24) is 5.32 Å². The molecule has 1 aromatic rings. The molecule has 0 amide bonds. The number of hydrogen-bond acceptors (Lipinski definition) is 4. The lowest BCUT2D eigenvalue weighted by Gasteiger charge is -2.14. The Morgan fingerprint density at radius 3 is 2.25 bits per heavy atom. The number of nitriles is 1. The Kier molecular flexibility index (Phi) is 12.9. The molecule has 0 aromatic heterocycles. The molecule has 4 N–H and O–H groups in total. The number of nitrogens with one attached hydrogen (secondary N) is 1. The van der Waals surface area contributed by atoms with Crippen LogP contribution in [0.2, 0.25) is 0 Å². The van der Waals surface area contributed by atoms with E-state index >= 15 is 0 Å². The van der Waals surface area contributed by atoms with E-state index in [4.69, 9.17) is 11.0 Å². The highest BCUT2D eigenvalue weighted by molar-refractivity contribution is 5.55. The van der Waals surface area contributed by atoms with Crippen LogP contribution in [0.25, 0.3) is 0 Å². The number of benzene rings is 1. The fourth-order valence-electron chi connectivity index (χ4n) is 1.34. The van der Waals surface area contributed by atoms with Crippen molar-refractivity contribution < 1.29 is 5.11 Å². The van der Waals surface area contributed by atoms with Gasteiger partial charge in [0.2, 0.25) is 0 Å². The van der Waals surface area contributed by atoms with Gasteiger partial charge in [-0.15, -0.1) is 0 Å². The van der Waals surface area contributed by atoms with E-state index in [2.05, 4.69) is 5.32 Å². The maximum Gasteiger partial charge on any atom is 0.101 e. The van der Waals surface area contributed by atoms with E-state index in [9.17, 15) is 5.11 Å². The number of hydrogen-bond donors (Lipinski definition) is 3. The highest BCUT2D eigenvalue weighted by Crippen LogP contribution is 2.18. The van der Waals surface area contributed by atoms with E-state index in [-0.39, 0.29) is 0 Å². The third-order valence-electron chi connectivity index (χ3n) is 2.30. The van der Waals surface area contributed by atoms with Gasteiger partial charge in [0, 0.05) is 18.3 Å². The minimum atomic E-state index is -0.616. The minimum absolute atomic E-state index is 0.318. The van der Waals surface area contributed by atoms with Gasteiger partial charge in [-0.05, 0) is 17.7 Å². The lowest BCUT2D eigenvalue weighted by molar-refractivity contribution is 0.171. The first-order valence-corrected chi connectivity index (χ1v) is 7.25. The van der Waals surface area contributed by atoms with Gasteiger partial charge in [0.1, 0.15) is 6.07 Å². The van der Waals surface area contributed by atoms with Gasteiger partial charge in [0.15, 0.2) is 0 Å². The summed E-state index contributed by atoms with van der Waals surface area (Å²) < 4.78 is 0. The van der Waals surface area contributed by atoms with Gasteiger partial charge in [-0.3, -0.25) is 0 Å². The van der Waals surface area contributed by atoms with Crippen LogP contribution in [-0.2, 0) is 0 Å². The standard InChI is InChI=1S/C12H17N3O.2C2H6/c1-8(2)15-7-12(16)9-3-4-11(14)10(5-9)6-13;2*1-2/h3-5,8,12,15-16H,7,14H2,1-2H3;2*1-2H3. The first kappa shape index (κ1) is 20.7. The van der Waals surface area contributed by atoms with Crippen molar-refractivity contribution in [1.29, 1.82) is 5.26 Å². The first-order chi connectivity index (χ1) is 9.54. The zero-order chi connectivity index (χ0) is 16.1. The Labute approximate surface area is 123 Å². The summed E-state index contributed by atoms with van der Waals surface area (Å²) in [5.74, 6) is 0. The summed E-state index contributed by atoms with van der Waals surface area (Å²) in [6.45, 7) is 12.5. The van der Waals surface area contributed by atoms with Crippen LogP contribution >= 0.6 is 0 Å². The fraction of sp³-hybridized carbons (Fsp3) is 0.562. The van der Waals surface area contributed by atoms with Gasteiger partial charge in [-0.1, -0.05) is 47.6 Å². The molecule has 0 aliphatic rings. The lowest BCUT2D eigenvalue weighted by atomic mass is 10.0. The third-order valence-corrected chi connectivity index (χ3v) is 2.30. The van der Waals surface area contributed by atoms with Crippen molar-refractivity contribution in [2.24, 2.45) is 0 Å². The number of aliphatic hydroxyl groups is 1. The summed E-state index contributed by atoms with van der Waals surface area (Å²) >= 11 is 0. The molecule has 1 unspecified atom stereocenters. The monoisotopic (exact) mass is 279 g/mol. The Bertz CT molecular complexity index is 397. The molecule has 0 radical (unpaired) electrons. The summed E-state index contributed by atoms with van der Waals surface area (Å²) in [5.41, 5.74) is 7.15. The van der Waals surface area contributed by atoms with Crippen LogP contribution in [0.5, 0.6) is 0 Å². The quantitative estimate of drug-likeness (QED) is 0.739. The topological polar surface area (TPSA) is 82.1 Å². The maximum absolute atomic E-state index is 9.87. The Morgan fingerprint density at radius 1 is 1.25 bits per heavy atom. The van der Waals surface area contributed by atoms with Gasteiger partial charge < -0.3 is 16.2 Å². The smallest absolute Gasteiger partial charge is 0.101 e. The predicted octanol–water partition coefficient (Wildman–Crippen LogP) is 3.22. The summed E-state index contributed by atoms with van der Waals surface area (Å²) in [6.07, 6.45) is -0.616. The largest absolute Gasteiger partial charge is 0.398 e. The van der Waals surface area contributed by atoms with E-state index in [1.807, 2.05) is 47.6 Å². The van der Waals surface area contributed by atoms with E-state index in [1.165, 1.54) is 0 Å². The Hall–Kier alpha value is -1.57. The second kappa shape index (κ2) is 12.5. The normalized spacial score (nSPS) is 10.6. The van der Waals surface area contributed by atoms with Crippen molar-refractivity contribution in [2.45, 2.75) is 53.7 Å². The molecule has 0 bridgehead atoms. The molecule has 114 valence electrons. The van der Waals surface area contributed by atoms with Crippen molar-refractivity contribution >= 4 is 5.69 Å². The average Bonchev–Trinajstić information content (AvgIpc) is 2.49. The summed E-state index contributed by atoms with van der Waals surface area (Å²) in [5, 5.41) is 21.8. The second-order valence-corrected chi connectivity index (χ2v) is 4.04. The van der Waals surface area contributed by atoms with Crippen molar-refractivity contribution in [3.63, 3.8) is 0 Å². The first-order valence-electron chi connectivity index (χ1n) is 7.25. The molecule has 0 saturated heterocycles. The molecular weight excluding hydrogens is 250 g/mol. The second-order valence-electron chi connectivity index (χ2n) is 4.04. The van der Waals surface area contributed by atoms with Crippen LogP contribution in [-0.4, -0.2) is 17.7 Å². The molecule has 0 spiro atoms. The van der Waals surface area contributed by atoms with Gasteiger partial charge >= 0.3 is 0 Å². The molecule has 4 heteroatoms. The molecule has 1 aromatic carbocycles. The third kappa shape index (κ3) is 7.78. The molecule has 0 aliphatic carbocycles. The van der Waals surface area contributed by atoms with E-state index in [1.54, 1.807) is 18.2 Å². The van der Waals surface area contributed by atoms with E-state index in [0.717, 1.165) is 0 Å². The van der Waals surface area contributed by atoms with Crippen LogP contribution in [0, 0.1) is 11.3 Å². The zero-order valence-corrected chi connectivity index (χ0v) is 13.6. The van der Waals surface area contributed by atoms with E-state index < -0.39 is 6.10 Å².